The molecule has 0 radical (unpaired) electrons. The first-order valence-corrected chi connectivity index (χ1v) is 7.16. The number of hydrogen-bond acceptors (Lipinski definition) is 4. The van der Waals surface area contributed by atoms with Crippen molar-refractivity contribution in [2.75, 3.05) is 6.61 Å². The van der Waals surface area contributed by atoms with E-state index in [1.165, 1.54) is 13.0 Å². The van der Waals surface area contributed by atoms with Gasteiger partial charge in [-0.1, -0.05) is 29.3 Å². The van der Waals surface area contributed by atoms with Crippen LogP contribution >= 0.6 is 15.9 Å². The Kier molecular flexibility index (Phi) is 7.20. The highest BCUT2D eigenvalue weighted by atomic mass is 79.9. The molecule has 106 valence electrons. The second-order valence-corrected chi connectivity index (χ2v) is 5.27. The Morgan fingerprint density at radius 1 is 1.58 bits per heavy atom. The number of hydrogen-bond donors (Lipinski definition) is 0. The van der Waals surface area contributed by atoms with Gasteiger partial charge in [0.2, 0.25) is 0 Å². The van der Waals surface area contributed by atoms with Crippen LogP contribution in [0.25, 0.3) is 0 Å². The number of carbonyl (C=O) groups excluding carboxylic acids is 2. The molecule has 0 amide bonds. The third kappa shape index (κ3) is 5.01. The molecule has 0 saturated carbocycles. The zero-order valence-corrected chi connectivity index (χ0v) is 12.8. The Labute approximate surface area is 122 Å². The molecule has 0 saturated heterocycles. The first-order valence-electron chi connectivity index (χ1n) is 6.36. The van der Waals surface area contributed by atoms with Crippen LogP contribution in [0, 0.1) is 0 Å². The Morgan fingerprint density at radius 2 is 2.32 bits per heavy atom. The highest BCUT2D eigenvalue weighted by molar-refractivity contribution is 9.11. The standard InChI is InChI=1S/C14H19BrO4/c1-3-4-8-18-13-9-11(15)14(10(2)17)19-12(13)6-5-7-16/h5-7,9,12-14H,3-4,8H2,1-2H3/b6-5+/t12-,13-,14-/m1/s1. The second kappa shape index (κ2) is 8.40. The van der Waals surface area contributed by atoms with Crippen LogP contribution in [-0.2, 0) is 19.1 Å². The zero-order chi connectivity index (χ0) is 14.3. The molecule has 4 nitrogen and oxygen atoms in total. The van der Waals surface area contributed by atoms with Crippen LogP contribution in [0.3, 0.4) is 0 Å². The lowest BCUT2D eigenvalue weighted by Crippen LogP contribution is -2.40. The van der Waals surface area contributed by atoms with Gasteiger partial charge in [0.25, 0.3) is 0 Å². The summed E-state index contributed by atoms with van der Waals surface area (Å²) in [5.41, 5.74) is 0. The predicted octanol–water partition coefficient (Wildman–Crippen LogP) is 2.56. The molecule has 0 aromatic carbocycles. The number of rotatable bonds is 7. The maximum absolute atomic E-state index is 11.5. The summed E-state index contributed by atoms with van der Waals surface area (Å²) in [5, 5.41) is 0. The Balaban J connectivity index is 2.80. The van der Waals surface area contributed by atoms with E-state index < -0.39 is 12.2 Å². The monoisotopic (exact) mass is 330 g/mol. The number of ether oxygens (including phenoxy) is 2. The second-order valence-electron chi connectivity index (χ2n) is 4.35. The normalized spacial score (nSPS) is 27.3. The van der Waals surface area contributed by atoms with Gasteiger partial charge in [0, 0.05) is 11.1 Å². The van der Waals surface area contributed by atoms with Gasteiger partial charge in [0.1, 0.15) is 24.6 Å². The minimum Gasteiger partial charge on any atom is -0.371 e. The third-order valence-electron chi connectivity index (χ3n) is 2.75. The van der Waals surface area contributed by atoms with Crippen LogP contribution in [0.2, 0.25) is 0 Å². The summed E-state index contributed by atoms with van der Waals surface area (Å²) in [6.45, 7) is 4.18. The van der Waals surface area contributed by atoms with Crippen molar-refractivity contribution in [2.45, 2.75) is 45.0 Å². The minimum atomic E-state index is -0.618. The van der Waals surface area contributed by atoms with Crippen molar-refractivity contribution in [1.82, 2.24) is 0 Å². The summed E-state index contributed by atoms with van der Waals surface area (Å²) < 4.78 is 12.1. The van der Waals surface area contributed by atoms with E-state index in [-0.39, 0.29) is 11.9 Å². The van der Waals surface area contributed by atoms with Crippen molar-refractivity contribution in [3.05, 3.63) is 22.7 Å². The lowest BCUT2D eigenvalue weighted by atomic mass is 10.1. The first-order chi connectivity index (χ1) is 9.10. The molecule has 0 unspecified atom stereocenters. The molecule has 19 heavy (non-hydrogen) atoms. The molecule has 0 aromatic rings. The van der Waals surface area contributed by atoms with E-state index in [9.17, 15) is 9.59 Å². The lowest BCUT2D eigenvalue weighted by molar-refractivity contribution is -0.132. The van der Waals surface area contributed by atoms with Gasteiger partial charge < -0.3 is 9.47 Å². The van der Waals surface area contributed by atoms with Crippen LogP contribution in [-0.4, -0.2) is 37.0 Å². The molecular weight excluding hydrogens is 312 g/mol. The van der Waals surface area contributed by atoms with Crippen LogP contribution < -0.4 is 0 Å². The number of allylic oxidation sites excluding steroid dienone is 1. The number of aldehydes is 1. The van der Waals surface area contributed by atoms with E-state index in [4.69, 9.17) is 9.47 Å². The smallest absolute Gasteiger partial charge is 0.163 e. The largest absolute Gasteiger partial charge is 0.371 e. The first kappa shape index (κ1) is 16.3. The molecule has 0 bridgehead atoms. The van der Waals surface area contributed by atoms with Crippen molar-refractivity contribution < 1.29 is 19.1 Å². The van der Waals surface area contributed by atoms with E-state index in [0.29, 0.717) is 17.4 Å². The molecule has 0 aromatic heterocycles. The van der Waals surface area contributed by atoms with Gasteiger partial charge in [0.05, 0.1) is 0 Å². The molecule has 5 heteroatoms. The van der Waals surface area contributed by atoms with E-state index in [0.717, 1.165) is 12.8 Å². The summed E-state index contributed by atoms with van der Waals surface area (Å²) in [6.07, 6.45) is 6.19. The van der Waals surface area contributed by atoms with Crippen LogP contribution in [0.4, 0.5) is 0 Å². The minimum absolute atomic E-state index is 0.0837. The Morgan fingerprint density at radius 3 is 2.89 bits per heavy atom. The molecular formula is C14H19BrO4. The average Bonchev–Trinajstić information content (AvgIpc) is 2.37. The summed E-state index contributed by atoms with van der Waals surface area (Å²) in [7, 11) is 0. The Bertz CT molecular complexity index is 376. The van der Waals surface area contributed by atoms with Gasteiger partial charge >= 0.3 is 0 Å². The number of Topliss-reactive ketones (excluding diaryl/α,β-unsaturated/α-hetero) is 1. The molecule has 0 N–H and O–H groups in total. The van der Waals surface area contributed by atoms with Gasteiger partial charge in [-0.15, -0.1) is 0 Å². The SMILES string of the molecule is CCCCO[C@@H]1C=C(Br)[C@@H](C(C)=O)O[C@@H]1/C=C/C=O. The van der Waals surface area contributed by atoms with Crippen molar-refractivity contribution in [2.24, 2.45) is 0 Å². The fourth-order valence-electron chi connectivity index (χ4n) is 1.75. The number of carbonyl (C=O) groups is 2. The van der Waals surface area contributed by atoms with E-state index in [1.807, 2.05) is 6.08 Å². The van der Waals surface area contributed by atoms with Gasteiger partial charge in [-0.05, 0) is 31.6 Å². The van der Waals surface area contributed by atoms with Gasteiger partial charge in [-0.2, -0.15) is 0 Å². The van der Waals surface area contributed by atoms with E-state index in [1.54, 1.807) is 6.08 Å². The number of halogens is 1. The fraction of sp³-hybridized carbons (Fsp3) is 0.571. The number of ketones is 1. The Hall–Kier alpha value is -0.780. The quantitative estimate of drug-likeness (QED) is 0.409. The molecule has 0 spiro atoms. The molecule has 1 aliphatic rings. The summed E-state index contributed by atoms with van der Waals surface area (Å²) in [6, 6.07) is 0. The van der Waals surface area contributed by atoms with Crippen molar-refractivity contribution in [3.63, 3.8) is 0 Å². The van der Waals surface area contributed by atoms with Crippen molar-refractivity contribution in [3.8, 4) is 0 Å². The van der Waals surface area contributed by atoms with Gasteiger partial charge in [-0.3, -0.25) is 9.59 Å². The maximum atomic E-state index is 11.5. The molecule has 3 atom stereocenters. The van der Waals surface area contributed by atoms with E-state index >= 15 is 0 Å². The lowest BCUT2D eigenvalue weighted by Gasteiger charge is -2.31. The predicted molar refractivity (Wildman–Crippen MR) is 76.2 cm³/mol. The molecule has 1 aliphatic heterocycles. The van der Waals surface area contributed by atoms with E-state index in [2.05, 4.69) is 22.9 Å². The highest BCUT2D eigenvalue weighted by Gasteiger charge is 2.32. The zero-order valence-electron chi connectivity index (χ0n) is 11.2. The van der Waals surface area contributed by atoms with Gasteiger partial charge in [-0.25, -0.2) is 0 Å². The molecule has 1 rings (SSSR count). The van der Waals surface area contributed by atoms with Crippen LogP contribution in [0.15, 0.2) is 22.7 Å². The third-order valence-corrected chi connectivity index (χ3v) is 3.43. The summed E-state index contributed by atoms with van der Waals surface area (Å²) >= 11 is 3.34. The molecule has 0 fully saturated rings. The topological polar surface area (TPSA) is 52.6 Å². The molecule has 1 heterocycles. The number of unbranched alkanes of at least 4 members (excludes halogenated alkanes) is 1. The van der Waals surface area contributed by atoms with Crippen LogP contribution in [0.5, 0.6) is 0 Å². The average molecular weight is 331 g/mol. The summed E-state index contributed by atoms with van der Waals surface area (Å²) in [5.74, 6) is -0.0837. The van der Waals surface area contributed by atoms with Crippen LogP contribution in [0.1, 0.15) is 26.7 Å². The fourth-order valence-corrected chi connectivity index (χ4v) is 2.44. The van der Waals surface area contributed by atoms with Gasteiger partial charge in [0.15, 0.2) is 5.78 Å². The van der Waals surface area contributed by atoms with Crippen molar-refractivity contribution >= 4 is 28.0 Å². The highest BCUT2D eigenvalue weighted by Crippen LogP contribution is 2.27. The van der Waals surface area contributed by atoms with Crippen molar-refractivity contribution in [1.29, 1.82) is 0 Å². The maximum Gasteiger partial charge on any atom is 0.163 e. The molecule has 0 aliphatic carbocycles. The summed E-state index contributed by atoms with van der Waals surface area (Å²) in [4.78, 5) is 21.9.